The van der Waals surface area contributed by atoms with Gasteiger partial charge in [0.25, 0.3) is 0 Å². The van der Waals surface area contributed by atoms with Crippen LogP contribution in [0.1, 0.15) is 12.5 Å². The van der Waals surface area contributed by atoms with Crippen LogP contribution in [0.3, 0.4) is 0 Å². The van der Waals surface area contributed by atoms with E-state index >= 15 is 0 Å². The molecule has 0 saturated heterocycles. The number of rotatable bonds is 7. The predicted octanol–water partition coefficient (Wildman–Crippen LogP) is 3.10. The Bertz CT molecular complexity index is 794. The summed E-state index contributed by atoms with van der Waals surface area (Å²) in [5.41, 5.74) is 1.86. The smallest absolute Gasteiger partial charge is 0.241 e. The number of nitrogens with zero attached hydrogens (tertiary/aromatic N) is 1. The molecule has 6 nitrogen and oxygen atoms in total. The highest BCUT2D eigenvalue weighted by molar-refractivity contribution is 5.94. The first kappa shape index (κ1) is 19.0. The molecule has 0 spiro atoms. The van der Waals surface area contributed by atoms with Crippen LogP contribution in [0.4, 0.5) is 5.69 Å². The molecule has 1 heterocycles. The second-order valence-electron chi connectivity index (χ2n) is 6.67. The van der Waals surface area contributed by atoms with Crippen molar-refractivity contribution in [2.24, 2.45) is 0 Å². The van der Waals surface area contributed by atoms with Crippen molar-refractivity contribution in [3.8, 4) is 17.2 Å². The lowest BCUT2D eigenvalue weighted by Crippen LogP contribution is -2.41. The van der Waals surface area contributed by atoms with Gasteiger partial charge in [0.15, 0.2) is 11.5 Å². The van der Waals surface area contributed by atoms with E-state index in [0.29, 0.717) is 43.6 Å². The Morgan fingerprint density at radius 1 is 1.19 bits per heavy atom. The summed E-state index contributed by atoms with van der Waals surface area (Å²) in [6, 6.07) is 13.1. The molecule has 1 aliphatic rings. The first-order valence-corrected chi connectivity index (χ1v) is 9.13. The molecule has 144 valence electrons. The standard InChI is InChI=1S/C21H26N2O4/c1-15-5-4-6-18(13-15)25-10-9-23(3)16(2)21(24)22-17-7-8-19-20(14-17)27-12-11-26-19/h4-8,13-14,16H,9-12H2,1-3H3,(H,22,24)/t16-/m0/s1. The molecule has 27 heavy (non-hydrogen) atoms. The zero-order chi connectivity index (χ0) is 19.2. The molecule has 0 fully saturated rings. The fourth-order valence-electron chi connectivity index (χ4n) is 2.77. The van der Waals surface area contributed by atoms with Crippen LogP contribution >= 0.6 is 0 Å². The number of carbonyl (C=O) groups is 1. The highest BCUT2D eigenvalue weighted by Gasteiger charge is 2.19. The maximum absolute atomic E-state index is 12.5. The Morgan fingerprint density at radius 2 is 1.96 bits per heavy atom. The third kappa shape index (κ3) is 5.14. The van der Waals surface area contributed by atoms with Crippen LogP contribution in [0, 0.1) is 6.92 Å². The van der Waals surface area contributed by atoms with E-state index in [9.17, 15) is 4.79 Å². The molecule has 0 aromatic heterocycles. The van der Waals surface area contributed by atoms with Gasteiger partial charge in [-0.05, 0) is 50.7 Å². The first-order valence-electron chi connectivity index (χ1n) is 9.13. The van der Waals surface area contributed by atoms with Gasteiger partial charge in [-0.25, -0.2) is 0 Å². The van der Waals surface area contributed by atoms with Crippen LogP contribution < -0.4 is 19.5 Å². The minimum atomic E-state index is -0.292. The molecule has 2 aromatic carbocycles. The van der Waals surface area contributed by atoms with E-state index in [1.807, 2.05) is 62.2 Å². The zero-order valence-electron chi connectivity index (χ0n) is 16.0. The van der Waals surface area contributed by atoms with Crippen molar-refractivity contribution in [3.63, 3.8) is 0 Å². The Morgan fingerprint density at radius 3 is 2.74 bits per heavy atom. The highest BCUT2D eigenvalue weighted by Crippen LogP contribution is 2.32. The van der Waals surface area contributed by atoms with Crippen LogP contribution in [0.15, 0.2) is 42.5 Å². The molecule has 1 aliphatic heterocycles. The van der Waals surface area contributed by atoms with E-state index < -0.39 is 0 Å². The van der Waals surface area contributed by atoms with Crippen LogP contribution in [0.5, 0.6) is 17.2 Å². The second-order valence-corrected chi connectivity index (χ2v) is 6.67. The summed E-state index contributed by atoms with van der Waals surface area (Å²) in [6.07, 6.45) is 0. The SMILES string of the molecule is Cc1cccc(OCCN(C)[C@@H](C)C(=O)Nc2ccc3c(c2)OCCO3)c1. The number of carbonyl (C=O) groups excluding carboxylic acids is 1. The number of anilines is 1. The van der Waals surface area contributed by atoms with Crippen molar-refractivity contribution in [3.05, 3.63) is 48.0 Å². The lowest BCUT2D eigenvalue weighted by molar-refractivity contribution is -0.120. The summed E-state index contributed by atoms with van der Waals surface area (Å²) in [5, 5.41) is 2.93. The third-order valence-electron chi connectivity index (χ3n) is 4.55. The van der Waals surface area contributed by atoms with Crippen LogP contribution in [0.25, 0.3) is 0 Å². The number of benzene rings is 2. The summed E-state index contributed by atoms with van der Waals surface area (Å²) in [7, 11) is 1.91. The number of ether oxygens (including phenoxy) is 3. The van der Waals surface area contributed by atoms with Gasteiger partial charge < -0.3 is 19.5 Å². The Kier molecular flexibility index (Phi) is 6.19. The molecule has 0 bridgehead atoms. The van der Waals surface area contributed by atoms with E-state index in [4.69, 9.17) is 14.2 Å². The molecule has 0 radical (unpaired) electrons. The van der Waals surface area contributed by atoms with Crippen molar-refractivity contribution in [2.75, 3.05) is 38.7 Å². The van der Waals surface area contributed by atoms with E-state index in [1.54, 1.807) is 6.07 Å². The van der Waals surface area contributed by atoms with Gasteiger partial charge in [-0.15, -0.1) is 0 Å². The largest absolute Gasteiger partial charge is 0.492 e. The Labute approximate surface area is 160 Å². The second kappa shape index (κ2) is 8.77. The van der Waals surface area contributed by atoms with E-state index in [2.05, 4.69) is 5.32 Å². The molecule has 2 aromatic rings. The van der Waals surface area contributed by atoms with Gasteiger partial charge in [-0.2, -0.15) is 0 Å². The fourth-order valence-corrected chi connectivity index (χ4v) is 2.77. The van der Waals surface area contributed by atoms with Crippen molar-refractivity contribution in [1.82, 2.24) is 4.90 Å². The van der Waals surface area contributed by atoms with Crippen molar-refractivity contribution in [1.29, 1.82) is 0 Å². The fraction of sp³-hybridized carbons (Fsp3) is 0.381. The molecule has 1 amide bonds. The zero-order valence-corrected chi connectivity index (χ0v) is 16.0. The summed E-state index contributed by atoms with van der Waals surface area (Å²) in [5.74, 6) is 2.13. The van der Waals surface area contributed by atoms with Crippen LogP contribution in [-0.2, 0) is 4.79 Å². The lowest BCUT2D eigenvalue weighted by Gasteiger charge is -2.24. The van der Waals surface area contributed by atoms with Crippen molar-refractivity contribution in [2.45, 2.75) is 19.9 Å². The van der Waals surface area contributed by atoms with Gasteiger partial charge in [-0.1, -0.05) is 12.1 Å². The number of hydrogen-bond donors (Lipinski definition) is 1. The number of likely N-dealkylation sites (N-methyl/N-ethyl adjacent to an activating group) is 1. The maximum Gasteiger partial charge on any atom is 0.241 e. The molecule has 1 N–H and O–H groups in total. The molecular weight excluding hydrogens is 344 g/mol. The third-order valence-corrected chi connectivity index (χ3v) is 4.55. The normalized spacial score (nSPS) is 13.9. The highest BCUT2D eigenvalue weighted by atomic mass is 16.6. The molecule has 3 rings (SSSR count). The monoisotopic (exact) mass is 370 g/mol. The van der Waals surface area contributed by atoms with E-state index in [-0.39, 0.29) is 11.9 Å². The van der Waals surface area contributed by atoms with Crippen LogP contribution in [-0.4, -0.2) is 50.3 Å². The van der Waals surface area contributed by atoms with E-state index in [0.717, 1.165) is 11.3 Å². The first-order chi connectivity index (χ1) is 13.0. The molecule has 0 saturated carbocycles. The van der Waals surface area contributed by atoms with Gasteiger partial charge in [0.2, 0.25) is 5.91 Å². The Hall–Kier alpha value is -2.73. The maximum atomic E-state index is 12.5. The number of amides is 1. The summed E-state index contributed by atoms with van der Waals surface area (Å²) in [6.45, 7) is 6.13. The quantitative estimate of drug-likeness (QED) is 0.812. The average molecular weight is 370 g/mol. The van der Waals surface area contributed by atoms with E-state index in [1.165, 1.54) is 0 Å². The van der Waals surface area contributed by atoms with Gasteiger partial charge in [0.05, 0.1) is 6.04 Å². The van der Waals surface area contributed by atoms with Gasteiger partial charge in [0, 0.05) is 18.3 Å². The minimum absolute atomic E-state index is 0.0790. The van der Waals surface area contributed by atoms with Gasteiger partial charge in [0.1, 0.15) is 25.6 Å². The van der Waals surface area contributed by atoms with Crippen LogP contribution in [0.2, 0.25) is 0 Å². The topological polar surface area (TPSA) is 60.0 Å². The van der Waals surface area contributed by atoms with Crippen molar-refractivity contribution < 1.29 is 19.0 Å². The predicted molar refractivity (Wildman–Crippen MR) is 105 cm³/mol. The minimum Gasteiger partial charge on any atom is -0.492 e. The molecule has 0 unspecified atom stereocenters. The number of fused-ring (bicyclic) bond motifs is 1. The summed E-state index contributed by atoms with van der Waals surface area (Å²) >= 11 is 0. The lowest BCUT2D eigenvalue weighted by atomic mass is 10.2. The van der Waals surface area contributed by atoms with Gasteiger partial charge >= 0.3 is 0 Å². The van der Waals surface area contributed by atoms with Gasteiger partial charge in [-0.3, -0.25) is 9.69 Å². The molecule has 6 heteroatoms. The average Bonchev–Trinajstić information content (AvgIpc) is 2.67. The summed E-state index contributed by atoms with van der Waals surface area (Å²) < 4.78 is 16.8. The number of aryl methyl sites for hydroxylation is 1. The molecule has 1 atom stereocenters. The number of nitrogens with one attached hydrogen (secondary N) is 1. The molecular formula is C21H26N2O4. The summed E-state index contributed by atoms with van der Waals surface area (Å²) in [4.78, 5) is 14.5. The molecule has 0 aliphatic carbocycles. The number of hydrogen-bond acceptors (Lipinski definition) is 5. The van der Waals surface area contributed by atoms with Crippen molar-refractivity contribution >= 4 is 11.6 Å². The Balaban J connectivity index is 1.49.